The van der Waals surface area contributed by atoms with E-state index in [1.165, 1.54) is 19.1 Å². The molecule has 0 spiro atoms. The van der Waals surface area contributed by atoms with Crippen molar-refractivity contribution in [3.63, 3.8) is 0 Å². The van der Waals surface area contributed by atoms with Gasteiger partial charge < -0.3 is 9.47 Å². The van der Waals surface area contributed by atoms with Gasteiger partial charge in [0.05, 0.1) is 30.9 Å². The molecule has 0 saturated carbocycles. The van der Waals surface area contributed by atoms with E-state index in [0.29, 0.717) is 26.1 Å². The van der Waals surface area contributed by atoms with E-state index in [2.05, 4.69) is 0 Å². The highest BCUT2D eigenvalue weighted by Gasteiger charge is 2.44. The molecule has 2 aliphatic rings. The number of aryl methyl sites for hydroxylation is 1. The third-order valence-electron chi connectivity index (χ3n) is 6.12. The van der Waals surface area contributed by atoms with Crippen molar-refractivity contribution in [2.45, 2.75) is 44.6 Å². The number of amides is 1. The number of fused-ring (bicyclic) bond motifs is 2. The molecule has 1 amide bonds. The predicted molar refractivity (Wildman–Crippen MR) is 110 cm³/mol. The quantitative estimate of drug-likeness (QED) is 0.618. The van der Waals surface area contributed by atoms with Gasteiger partial charge in [-0.25, -0.2) is 4.79 Å². The molecule has 2 aliphatic heterocycles. The van der Waals surface area contributed by atoms with Crippen molar-refractivity contribution in [3.05, 3.63) is 70.8 Å². The molecule has 2 aromatic carbocycles. The third-order valence-corrected chi connectivity index (χ3v) is 6.12. The Kier molecular flexibility index (Phi) is 6.24. The van der Waals surface area contributed by atoms with Gasteiger partial charge in [-0.3, -0.25) is 9.69 Å². The summed E-state index contributed by atoms with van der Waals surface area (Å²) < 4.78 is 50.2. The molecule has 32 heavy (non-hydrogen) atoms. The third kappa shape index (κ3) is 4.65. The molecule has 0 radical (unpaired) electrons. The lowest BCUT2D eigenvalue weighted by Gasteiger charge is -2.47. The van der Waals surface area contributed by atoms with Crippen LogP contribution in [0, 0.1) is 12.8 Å². The van der Waals surface area contributed by atoms with Crippen molar-refractivity contribution in [1.29, 1.82) is 0 Å². The summed E-state index contributed by atoms with van der Waals surface area (Å²) >= 11 is 0. The second-order valence-corrected chi connectivity index (χ2v) is 8.35. The summed E-state index contributed by atoms with van der Waals surface area (Å²) in [5.41, 5.74) is 0.425. The standard InChI is InChI=1S/C24H24F3NO4/c1-15-9-17(7-8-21(15)24(25,26)27)22(29)18-10-19-13-31-14-20(11-18)28(19)23(30)32-12-16-5-3-2-4-6-16/h2-9,18-20H,10-14H2,1H3. The normalized spacial score (nSPS) is 23.0. The number of morpholine rings is 1. The molecule has 0 aliphatic carbocycles. The van der Waals surface area contributed by atoms with E-state index in [1.807, 2.05) is 30.3 Å². The van der Waals surface area contributed by atoms with Gasteiger partial charge in [-0.15, -0.1) is 0 Å². The number of carbonyl (C=O) groups is 2. The number of hydrogen-bond donors (Lipinski definition) is 0. The monoisotopic (exact) mass is 447 g/mol. The molecular weight excluding hydrogens is 423 g/mol. The molecule has 2 atom stereocenters. The van der Waals surface area contributed by atoms with E-state index in [1.54, 1.807) is 4.90 Å². The molecule has 0 aromatic heterocycles. The zero-order valence-corrected chi connectivity index (χ0v) is 17.6. The lowest BCUT2D eigenvalue weighted by Crippen LogP contribution is -2.59. The second-order valence-electron chi connectivity index (χ2n) is 8.35. The number of benzene rings is 2. The number of hydrogen-bond acceptors (Lipinski definition) is 4. The number of ketones is 1. The van der Waals surface area contributed by atoms with Crippen LogP contribution in [0.1, 0.15) is 39.9 Å². The number of nitrogens with zero attached hydrogens (tertiary/aromatic N) is 1. The van der Waals surface area contributed by atoms with Gasteiger partial charge in [0.15, 0.2) is 5.78 Å². The maximum atomic E-state index is 13.1. The SMILES string of the molecule is Cc1cc(C(=O)C2CC3COCC(C2)N3C(=O)OCc2ccccc2)ccc1C(F)(F)F. The molecular formula is C24H24F3NO4. The van der Waals surface area contributed by atoms with Gasteiger partial charge in [-0.1, -0.05) is 36.4 Å². The van der Waals surface area contributed by atoms with Gasteiger partial charge in [0, 0.05) is 11.5 Å². The van der Waals surface area contributed by atoms with Crippen molar-refractivity contribution in [1.82, 2.24) is 4.90 Å². The fraction of sp³-hybridized carbons (Fsp3) is 0.417. The average Bonchev–Trinajstić information content (AvgIpc) is 2.75. The first-order valence-corrected chi connectivity index (χ1v) is 10.5. The molecule has 2 fully saturated rings. The summed E-state index contributed by atoms with van der Waals surface area (Å²) in [4.78, 5) is 27.5. The number of piperidine rings is 1. The fourth-order valence-corrected chi connectivity index (χ4v) is 4.59. The number of Topliss-reactive ketones (excluding diaryl/α,β-unsaturated/α-hetero) is 1. The van der Waals surface area contributed by atoms with Crippen LogP contribution in [0.2, 0.25) is 0 Å². The molecule has 8 heteroatoms. The Morgan fingerprint density at radius 1 is 1.06 bits per heavy atom. The van der Waals surface area contributed by atoms with Crippen molar-refractivity contribution < 1.29 is 32.2 Å². The Morgan fingerprint density at radius 2 is 1.72 bits per heavy atom. The lowest BCUT2D eigenvalue weighted by atomic mass is 9.80. The first-order chi connectivity index (χ1) is 15.2. The van der Waals surface area contributed by atoms with Crippen LogP contribution in [0.3, 0.4) is 0 Å². The van der Waals surface area contributed by atoms with E-state index < -0.39 is 17.8 Å². The van der Waals surface area contributed by atoms with Crippen LogP contribution in [0.4, 0.5) is 18.0 Å². The summed E-state index contributed by atoms with van der Waals surface area (Å²) in [6, 6.07) is 12.2. The fourth-order valence-electron chi connectivity index (χ4n) is 4.59. The highest BCUT2D eigenvalue weighted by Crippen LogP contribution is 2.36. The average molecular weight is 447 g/mol. The topological polar surface area (TPSA) is 55.8 Å². The van der Waals surface area contributed by atoms with Gasteiger partial charge >= 0.3 is 12.3 Å². The van der Waals surface area contributed by atoms with Gasteiger partial charge in [0.25, 0.3) is 0 Å². The van der Waals surface area contributed by atoms with Crippen molar-refractivity contribution in [3.8, 4) is 0 Å². The van der Waals surface area contributed by atoms with Crippen LogP contribution in [0.15, 0.2) is 48.5 Å². The largest absolute Gasteiger partial charge is 0.445 e. The van der Waals surface area contributed by atoms with E-state index in [9.17, 15) is 22.8 Å². The number of alkyl halides is 3. The number of halogens is 3. The van der Waals surface area contributed by atoms with Gasteiger partial charge in [0.2, 0.25) is 0 Å². The minimum Gasteiger partial charge on any atom is -0.445 e. The van der Waals surface area contributed by atoms with Gasteiger partial charge in [-0.2, -0.15) is 13.2 Å². The summed E-state index contributed by atoms with van der Waals surface area (Å²) in [6.45, 7) is 2.11. The smallest absolute Gasteiger partial charge is 0.416 e. The van der Waals surface area contributed by atoms with Gasteiger partial charge in [0.1, 0.15) is 6.61 Å². The van der Waals surface area contributed by atoms with Crippen LogP contribution in [-0.2, 0) is 22.3 Å². The Bertz CT molecular complexity index is 978. The number of ether oxygens (including phenoxy) is 2. The summed E-state index contributed by atoms with van der Waals surface area (Å²) in [7, 11) is 0. The highest BCUT2D eigenvalue weighted by atomic mass is 19.4. The van der Waals surface area contributed by atoms with E-state index in [4.69, 9.17) is 9.47 Å². The predicted octanol–water partition coefficient (Wildman–Crippen LogP) is 5.01. The highest BCUT2D eigenvalue weighted by molar-refractivity contribution is 5.98. The molecule has 0 N–H and O–H groups in total. The molecule has 2 heterocycles. The molecule has 5 nitrogen and oxygen atoms in total. The van der Waals surface area contributed by atoms with Crippen molar-refractivity contribution in [2.75, 3.05) is 13.2 Å². The zero-order chi connectivity index (χ0) is 22.9. The summed E-state index contributed by atoms with van der Waals surface area (Å²) in [5, 5.41) is 0. The van der Waals surface area contributed by atoms with E-state index in [-0.39, 0.29) is 41.5 Å². The molecule has 2 bridgehead atoms. The zero-order valence-electron chi connectivity index (χ0n) is 17.6. The number of rotatable bonds is 4. The molecule has 2 saturated heterocycles. The van der Waals surface area contributed by atoms with Crippen LogP contribution in [-0.4, -0.2) is 42.1 Å². The maximum absolute atomic E-state index is 13.1. The molecule has 2 aromatic rings. The van der Waals surface area contributed by atoms with Crippen LogP contribution < -0.4 is 0 Å². The van der Waals surface area contributed by atoms with Gasteiger partial charge in [-0.05, 0) is 43.0 Å². The lowest BCUT2D eigenvalue weighted by molar-refractivity contribution is -0.138. The molecule has 170 valence electrons. The Morgan fingerprint density at radius 3 is 2.31 bits per heavy atom. The van der Waals surface area contributed by atoms with E-state index >= 15 is 0 Å². The minimum absolute atomic E-state index is 0.0220. The van der Waals surface area contributed by atoms with E-state index in [0.717, 1.165) is 11.6 Å². The first-order valence-electron chi connectivity index (χ1n) is 10.5. The molecule has 2 unspecified atom stereocenters. The first kappa shape index (κ1) is 22.3. The minimum atomic E-state index is -4.45. The van der Waals surface area contributed by atoms with Crippen molar-refractivity contribution >= 4 is 11.9 Å². The second kappa shape index (κ2) is 8.94. The maximum Gasteiger partial charge on any atom is 0.416 e. The van der Waals surface area contributed by atoms with Crippen molar-refractivity contribution in [2.24, 2.45) is 5.92 Å². The summed E-state index contributed by atoms with van der Waals surface area (Å²) in [5.74, 6) is -0.584. The Balaban J connectivity index is 1.44. The number of carbonyl (C=O) groups excluding carboxylic acids is 2. The van der Waals surface area contributed by atoms with Crippen LogP contribution >= 0.6 is 0 Å². The Labute approximate surface area is 184 Å². The van der Waals surface area contributed by atoms with Crippen LogP contribution in [0.5, 0.6) is 0 Å². The van der Waals surface area contributed by atoms with Crippen LogP contribution in [0.25, 0.3) is 0 Å². The molecule has 4 rings (SSSR count). The Hall–Kier alpha value is -2.87. The summed E-state index contributed by atoms with van der Waals surface area (Å²) in [6.07, 6.45) is -4.12.